The molecule has 0 aromatic heterocycles. The summed E-state index contributed by atoms with van der Waals surface area (Å²) in [6, 6.07) is 0. The first-order chi connectivity index (χ1) is 10.1. The monoisotopic (exact) mass is 298 g/mol. The topological polar surface area (TPSA) is 48.9 Å². The first-order valence-electron chi connectivity index (χ1n) is 8.32. The minimum Gasteiger partial charge on any atom is -0.381 e. The van der Waals surface area contributed by atoms with Crippen molar-refractivity contribution in [2.45, 2.75) is 33.1 Å². The zero-order chi connectivity index (χ0) is 15.5. The van der Waals surface area contributed by atoms with Crippen LogP contribution in [0.15, 0.2) is 4.99 Å². The third kappa shape index (κ3) is 8.94. The van der Waals surface area contributed by atoms with Crippen LogP contribution in [-0.2, 0) is 4.74 Å². The van der Waals surface area contributed by atoms with Crippen LogP contribution in [-0.4, -0.2) is 64.3 Å². The third-order valence-corrected chi connectivity index (χ3v) is 3.83. The van der Waals surface area contributed by atoms with E-state index in [0.717, 1.165) is 44.6 Å². The molecule has 0 amide bonds. The number of guanidine groups is 1. The number of hydrogen-bond donors (Lipinski definition) is 2. The predicted octanol–water partition coefficient (Wildman–Crippen LogP) is 1.56. The smallest absolute Gasteiger partial charge is 0.190 e. The molecule has 0 spiro atoms. The highest BCUT2D eigenvalue weighted by Crippen LogP contribution is 2.14. The van der Waals surface area contributed by atoms with Crippen LogP contribution in [0.3, 0.4) is 0 Å². The molecule has 0 radical (unpaired) electrons. The zero-order valence-electron chi connectivity index (χ0n) is 14.3. The Kier molecular flexibility index (Phi) is 9.42. The molecule has 1 aliphatic rings. The molecule has 1 aliphatic heterocycles. The first-order valence-corrected chi connectivity index (χ1v) is 8.32. The molecule has 1 fully saturated rings. The van der Waals surface area contributed by atoms with E-state index in [2.05, 4.69) is 41.4 Å². The normalized spacial score (nSPS) is 18.2. The van der Waals surface area contributed by atoms with Crippen LogP contribution in [0.25, 0.3) is 0 Å². The SMILES string of the molecule is CN=C(NCCCOCC(C)C)NCC1CCN(C)CC1. The van der Waals surface area contributed by atoms with Gasteiger partial charge in [-0.1, -0.05) is 13.8 Å². The van der Waals surface area contributed by atoms with Crippen molar-refractivity contribution in [2.75, 3.05) is 53.5 Å². The van der Waals surface area contributed by atoms with Crippen molar-refractivity contribution in [3.8, 4) is 0 Å². The third-order valence-electron chi connectivity index (χ3n) is 3.83. The maximum Gasteiger partial charge on any atom is 0.190 e. The van der Waals surface area contributed by atoms with Gasteiger partial charge in [-0.3, -0.25) is 4.99 Å². The van der Waals surface area contributed by atoms with Gasteiger partial charge in [0, 0.05) is 33.4 Å². The molecule has 1 heterocycles. The summed E-state index contributed by atoms with van der Waals surface area (Å²) in [5.74, 6) is 2.30. The largest absolute Gasteiger partial charge is 0.381 e. The summed E-state index contributed by atoms with van der Waals surface area (Å²) in [6.07, 6.45) is 3.58. The van der Waals surface area contributed by atoms with Crippen molar-refractivity contribution in [2.24, 2.45) is 16.8 Å². The number of aliphatic imine (C=N–C) groups is 1. The van der Waals surface area contributed by atoms with E-state index in [0.29, 0.717) is 5.92 Å². The fourth-order valence-electron chi connectivity index (χ4n) is 2.43. The van der Waals surface area contributed by atoms with Gasteiger partial charge < -0.3 is 20.3 Å². The molecule has 1 rings (SSSR count). The highest BCUT2D eigenvalue weighted by molar-refractivity contribution is 5.79. The van der Waals surface area contributed by atoms with E-state index in [1.807, 2.05) is 7.05 Å². The van der Waals surface area contributed by atoms with Gasteiger partial charge >= 0.3 is 0 Å². The van der Waals surface area contributed by atoms with Crippen LogP contribution in [0.4, 0.5) is 0 Å². The minimum atomic E-state index is 0.613. The molecule has 0 bridgehead atoms. The number of rotatable bonds is 8. The predicted molar refractivity (Wildman–Crippen MR) is 89.9 cm³/mol. The van der Waals surface area contributed by atoms with Crippen LogP contribution in [0.5, 0.6) is 0 Å². The maximum absolute atomic E-state index is 5.57. The summed E-state index contributed by atoms with van der Waals surface area (Å²) in [5, 5.41) is 6.80. The summed E-state index contributed by atoms with van der Waals surface area (Å²) in [6.45, 7) is 10.4. The Morgan fingerprint density at radius 3 is 2.62 bits per heavy atom. The van der Waals surface area contributed by atoms with E-state index >= 15 is 0 Å². The van der Waals surface area contributed by atoms with Gasteiger partial charge in [-0.15, -0.1) is 0 Å². The molecule has 0 aromatic rings. The van der Waals surface area contributed by atoms with Gasteiger partial charge in [0.15, 0.2) is 5.96 Å². The summed E-state index contributed by atoms with van der Waals surface area (Å²) >= 11 is 0. The number of likely N-dealkylation sites (tertiary alicyclic amines) is 1. The van der Waals surface area contributed by atoms with Crippen molar-refractivity contribution in [1.29, 1.82) is 0 Å². The lowest BCUT2D eigenvalue weighted by Gasteiger charge is -2.29. The van der Waals surface area contributed by atoms with Gasteiger partial charge in [-0.2, -0.15) is 0 Å². The Bertz CT molecular complexity index is 286. The number of nitrogens with one attached hydrogen (secondary N) is 2. The summed E-state index contributed by atoms with van der Waals surface area (Å²) < 4.78 is 5.57. The molecule has 21 heavy (non-hydrogen) atoms. The van der Waals surface area contributed by atoms with E-state index in [1.165, 1.54) is 25.9 Å². The number of ether oxygens (including phenoxy) is 1. The Balaban J connectivity index is 2.04. The molecule has 1 saturated heterocycles. The highest BCUT2D eigenvalue weighted by Gasteiger charge is 2.16. The van der Waals surface area contributed by atoms with Crippen LogP contribution in [0.2, 0.25) is 0 Å². The van der Waals surface area contributed by atoms with E-state index in [-0.39, 0.29) is 0 Å². The van der Waals surface area contributed by atoms with Crippen molar-refractivity contribution >= 4 is 5.96 Å². The molecule has 124 valence electrons. The van der Waals surface area contributed by atoms with Crippen LogP contribution in [0, 0.1) is 11.8 Å². The molecule has 0 aromatic carbocycles. The van der Waals surface area contributed by atoms with Crippen molar-refractivity contribution in [3.63, 3.8) is 0 Å². The fraction of sp³-hybridized carbons (Fsp3) is 0.938. The second kappa shape index (κ2) is 10.9. The molecule has 5 nitrogen and oxygen atoms in total. The zero-order valence-corrected chi connectivity index (χ0v) is 14.3. The Morgan fingerprint density at radius 2 is 2.00 bits per heavy atom. The molecular weight excluding hydrogens is 264 g/mol. The molecular formula is C16H34N4O. The van der Waals surface area contributed by atoms with Crippen molar-refractivity contribution in [3.05, 3.63) is 0 Å². The van der Waals surface area contributed by atoms with Gasteiger partial charge in [0.25, 0.3) is 0 Å². The lowest BCUT2D eigenvalue weighted by Crippen LogP contribution is -2.42. The van der Waals surface area contributed by atoms with E-state index < -0.39 is 0 Å². The molecule has 0 saturated carbocycles. The van der Waals surface area contributed by atoms with Crippen LogP contribution < -0.4 is 10.6 Å². The second-order valence-corrected chi connectivity index (χ2v) is 6.45. The molecule has 0 atom stereocenters. The van der Waals surface area contributed by atoms with Gasteiger partial charge in [-0.25, -0.2) is 0 Å². The average Bonchev–Trinajstić information content (AvgIpc) is 2.47. The van der Waals surface area contributed by atoms with Crippen LogP contribution in [0.1, 0.15) is 33.1 Å². The number of piperidine rings is 1. The molecule has 5 heteroatoms. The highest BCUT2D eigenvalue weighted by atomic mass is 16.5. The summed E-state index contributed by atoms with van der Waals surface area (Å²) in [7, 11) is 4.03. The second-order valence-electron chi connectivity index (χ2n) is 6.45. The summed E-state index contributed by atoms with van der Waals surface area (Å²) in [5.41, 5.74) is 0. The van der Waals surface area contributed by atoms with E-state index in [9.17, 15) is 0 Å². The van der Waals surface area contributed by atoms with E-state index in [1.54, 1.807) is 0 Å². The van der Waals surface area contributed by atoms with Crippen molar-refractivity contribution < 1.29 is 4.74 Å². The van der Waals surface area contributed by atoms with Gasteiger partial charge in [0.2, 0.25) is 0 Å². The first kappa shape index (κ1) is 18.2. The van der Waals surface area contributed by atoms with E-state index in [4.69, 9.17) is 4.74 Å². The maximum atomic E-state index is 5.57. The number of nitrogens with zero attached hydrogens (tertiary/aromatic N) is 2. The molecule has 0 unspecified atom stereocenters. The fourth-order valence-corrected chi connectivity index (χ4v) is 2.43. The van der Waals surface area contributed by atoms with Crippen LogP contribution >= 0.6 is 0 Å². The quantitative estimate of drug-likeness (QED) is 0.406. The Labute approximate surface area is 130 Å². The van der Waals surface area contributed by atoms with Gasteiger partial charge in [0.1, 0.15) is 0 Å². The lowest BCUT2D eigenvalue weighted by atomic mass is 9.97. The number of hydrogen-bond acceptors (Lipinski definition) is 3. The van der Waals surface area contributed by atoms with Crippen molar-refractivity contribution in [1.82, 2.24) is 15.5 Å². The Morgan fingerprint density at radius 1 is 1.29 bits per heavy atom. The summed E-state index contributed by atoms with van der Waals surface area (Å²) in [4.78, 5) is 6.68. The minimum absolute atomic E-state index is 0.613. The molecule has 2 N–H and O–H groups in total. The Hall–Kier alpha value is -0.810. The lowest BCUT2D eigenvalue weighted by molar-refractivity contribution is 0.108. The van der Waals surface area contributed by atoms with Gasteiger partial charge in [0.05, 0.1) is 0 Å². The standard InChI is InChI=1S/C16H34N4O/c1-14(2)13-21-11-5-8-18-16(17-3)19-12-15-6-9-20(4)10-7-15/h14-15H,5-13H2,1-4H3,(H2,17,18,19). The average molecular weight is 298 g/mol. The molecule has 0 aliphatic carbocycles. The van der Waals surface area contributed by atoms with Gasteiger partial charge in [-0.05, 0) is 51.2 Å².